The first-order valence-electron chi connectivity index (χ1n) is 16.0. The summed E-state index contributed by atoms with van der Waals surface area (Å²) in [6.45, 7) is 0. The highest BCUT2D eigenvalue weighted by molar-refractivity contribution is 5.94. The van der Waals surface area contributed by atoms with E-state index in [1.807, 2.05) is 0 Å². The summed E-state index contributed by atoms with van der Waals surface area (Å²) in [6, 6.07) is 0. The summed E-state index contributed by atoms with van der Waals surface area (Å²) in [6.07, 6.45) is -0.247. The Kier molecular flexibility index (Phi) is 20.0. The van der Waals surface area contributed by atoms with Gasteiger partial charge >= 0.3 is 0 Å². The van der Waals surface area contributed by atoms with Crippen molar-refractivity contribution in [2.75, 3.05) is 0 Å². The average Bonchev–Trinajstić information content (AvgIpc) is 3.01. The minimum atomic E-state index is -0.277. The van der Waals surface area contributed by atoms with E-state index in [0.717, 1.165) is 0 Å². The Balaban J connectivity index is 2.59. The molecule has 1 saturated carbocycles. The minimum absolute atomic E-state index is 0.00949. The van der Waals surface area contributed by atoms with Gasteiger partial charge in [0.05, 0.1) is 0 Å². The molecule has 45 heavy (non-hydrogen) atoms. The normalized spacial score (nSPS) is 21.6. The van der Waals surface area contributed by atoms with E-state index >= 15 is 0 Å². The third-order valence-electron chi connectivity index (χ3n) is 7.74. The maximum absolute atomic E-state index is 12.1. The first-order chi connectivity index (χ1) is 21.3. The number of carbonyl (C=O) groups is 11. The second-order valence-corrected chi connectivity index (χ2v) is 11.8. The fraction of sp³-hybridized carbons (Fsp3) is 0.676. The van der Waals surface area contributed by atoms with Crippen LogP contribution in [0.4, 0.5) is 0 Å². The summed E-state index contributed by atoms with van der Waals surface area (Å²) >= 11 is 0. The molecule has 1 aliphatic carbocycles. The zero-order chi connectivity index (χ0) is 33.6. The van der Waals surface area contributed by atoms with Gasteiger partial charge in [-0.15, -0.1) is 0 Å². The van der Waals surface area contributed by atoms with E-state index < -0.39 is 0 Å². The second-order valence-electron chi connectivity index (χ2n) is 11.8. The van der Waals surface area contributed by atoms with E-state index in [-0.39, 0.29) is 205 Å². The van der Waals surface area contributed by atoms with Crippen molar-refractivity contribution in [1.29, 1.82) is 0 Å². The van der Waals surface area contributed by atoms with Crippen molar-refractivity contribution in [2.45, 2.75) is 148 Å². The van der Waals surface area contributed by atoms with Gasteiger partial charge in [0.25, 0.3) is 0 Å². The van der Waals surface area contributed by atoms with E-state index in [2.05, 4.69) is 0 Å². The van der Waals surface area contributed by atoms with Gasteiger partial charge in [0, 0.05) is 141 Å². The van der Waals surface area contributed by atoms with Gasteiger partial charge < -0.3 is 0 Å². The van der Waals surface area contributed by atoms with Crippen molar-refractivity contribution >= 4 is 63.6 Å². The van der Waals surface area contributed by atoms with Gasteiger partial charge in [0.1, 0.15) is 63.6 Å². The molecule has 0 bridgehead atoms. The molecule has 0 unspecified atom stereocenters. The van der Waals surface area contributed by atoms with Crippen molar-refractivity contribution in [3.8, 4) is 0 Å². The Morgan fingerprint density at radius 3 is 0.356 bits per heavy atom. The van der Waals surface area contributed by atoms with Crippen molar-refractivity contribution in [1.82, 2.24) is 0 Å². The zero-order valence-electron chi connectivity index (χ0n) is 26.3. The largest absolute Gasteiger partial charge is 0.300 e. The quantitative estimate of drug-likeness (QED) is 0.372. The predicted molar refractivity (Wildman–Crippen MR) is 161 cm³/mol. The summed E-state index contributed by atoms with van der Waals surface area (Å²) in [7, 11) is 0. The molecule has 0 aromatic carbocycles. The van der Waals surface area contributed by atoms with E-state index in [9.17, 15) is 52.7 Å². The number of hydrogen-bond donors (Lipinski definition) is 0. The maximum Gasteiger partial charge on any atom is 0.133 e. The first kappa shape index (κ1) is 39.4. The highest BCUT2D eigenvalue weighted by atomic mass is 16.2. The summed E-state index contributed by atoms with van der Waals surface area (Å²) in [5.41, 5.74) is 0. The third-order valence-corrected chi connectivity index (χ3v) is 7.74. The molecule has 0 amide bonds. The monoisotopic (exact) mass is 630 g/mol. The molecule has 11 heteroatoms. The number of Topliss-reactive ketones (excluding diaryl/α,β-unsaturated/α-hetero) is 11. The van der Waals surface area contributed by atoms with Gasteiger partial charge in [0.15, 0.2) is 0 Å². The van der Waals surface area contributed by atoms with Crippen molar-refractivity contribution < 1.29 is 52.7 Å². The van der Waals surface area contributed by atoms with Crippen LogP contribution in [0, 0.1) is 0 Å². The summed E-state index contributed by atoms with van der Waals surface area (Å²) in [4.78, 5) is 133. The zero-order valence-corrected chi connectivity index (χ0v) is 26.3. The molecular weight excluding hydrogens is 584 g/mol. The standard InChI is InChI=1S/C34H46O11/c35-24-2-1-3-25(36)5-7-27(38)9-11-29(40)13-15-31(42)17-19-33(44)21-23-34(45)22-20-32(43)18-16-30(41)14-12-28(39)10-8-26(37)6-4-24/h1-23H2. The van der Waals surface area contributed by atoms with Crippen LogP contribution in [0.15, 0.2) is 0 Å². The molecular formula is C34H46O11. The highest BCUT2D eigenvalue weighted by Gasteiger charge is 2.16. The van der Waals surface area contributed by atoms with Crippen molar-refractivity contribution in [2.24, 2.45) is 0 Å². The third kappa shape index (κ3) is 21.7. The predicted octanol–water partition coefficient (Wildman–Crippen LogP) is 4.23. The van der Waals surface area contributed by atoms with Crippen LogP contribution in [-0.4, -0.2) is 63.6 Å². The maximum atomic E-state index is 12.1. The number of carbonyl (C=O) groups excluding carboxylic acids is 11. The molecule has 1 rings (SSSR count). The summed E-state index contributed by atoms with van der Waals surface area (Å²) in [5.74, 6) is -2.75. The Morgan fingerprint density at radius 2 is 0.244 bits per heavy atom. The van der Waals surface area contributed by atoms with Gasteiger partial charge in [-0.2, -0.15) is 0 Å². The molecule has 1 fully saturated rings. The van der Waals surface area contributed by atoms with E-state index in [4.69, 9.17) is 0 Å². The lowest BCUT2D eigenvalue weighted by molar-refractivity contribution is -0.128. The fourth-order valence-electron chi connectivity index (χ4n) is 4.65. The van der Waals surface area contributed by atoms with Crippen LogP contribution in [0.3, 0.4) is 0 Å². The van der Waals surface area contributed by atoms with Crippen LogP contribution in [0.2, 0.25) is 0 Å². The number of ketones is 11. The molecule has 0 N–H and O–H groups in total. The molecule has 0 spiro atoms. The van der Waals surface area contributed by atoms with Crippen molar-refractivity contribution in [3.63, 3.8) is 0 Å². The van der Waals surface area contributed by atoms with Crippen LogP contribution in [-0.2, 0) is 52.7 Å². The van der Waals surface area contributed by atoms with E-state index in [1.165, 1.54) is 0 Å². The molecule has 248 valence electrons. The first-order valence-corrected chi connectivity index (χ1v) is 16.0. The van der Waals surface area contributed by atoms with Crippen LogP contribution in [0.5, 0.6) is 0 Å². The molecule has 0 radical (unpaired) electrons. The Labute approximate surface area is 264 Å². The Morgan fingerprint density at radius 1 is 0.156 bits per heavy atom. The molecule has 1 aliphatic rings. The lowest BCUT2D eigenvalue weighted by Crippen LogP contribution is -2.11. The number of hydrogen-bond acceptors (Lipinski definition) is 11. The Bertz CT molecular complexity index is 1060. The van der Waals surface area contributed by atoms with Gasteiger partial charge in [-0.25, -0.2) is 0 Å². The average molecular weight is 631 g/mol. The SMILES string of the molecule is O=C1CCCC(=O)CCC(=O)CCC(=O)CCC(=O)CCC(=O)CCC(=O)CCC(=O)CCC(=O)CCC(=O)CCC(=O)CC1. The second kappa shape index (κ2) is 22.8. The smallest absolute Gasteiger partial charge is 0.133 e. The highest BCUT2D eigenvalue weighted by Crippen LogP contribution is 2.12. The van der Waals surface area contributed by atoms with Gasteiger partial charge in [-0.3, -0.25) is 52.7 Å². The Hall–Kier alpha value is -3.63. The van der Waals surface area contributed by atoms with Gasteiger partial charge in [-0.05, 0) is 6.42 Å². The summed E-state index contributed by atoms with van der Waals surface area (Å²) < 4.78 is 0. The number of rotatable bonds is 0. The van der Waals surface area contributed by atoms with Crippen LogP contribution in [0.1, 0.15) is 148 Å². The lowest BCUT2D eigenvalue weighted by atomic mass is 9.98. The van der Waals surface area contributed by atoms with E-state index in [0.29, 0.717) is 6.42 Å². The molecule has 0 aromatic rings. The van der Waals surface area contributed by atoms with Crippen LogP contribution >= 0.6 is 0 Å². The molecule has 0 atom stereocenters. The van der Waals surface area contributed by atoms with Gasteiger partial charge in [-0.1, -0.05) is 0 Å². The minimum Gasteiger partial charge on any atom is -0.300 e. The molecule has 0 heterocycles. The fourth-order valence-corrected chi connectivity index (χ4v) is 4.65. The van der Waals surface area contributed by atoms with Crippen LogP contribution in [0.25, 0.3) is 0 Å². The molecule has 0 aliphatic heterocycles. The molecule has 0 saturated heterocycles. The topological polar surface area (TPSA) is 188 Å². The van der Waals surface area contributed by atoms with Crippen molar-refractivity contribution in [3.05, 3.63) is 0 Å². The molecule has 0 aromatic heterocycles. The van der Waals surface area contributed by atoms with E-state index in [1.54, 1.807) is 0 Å². The van der Waals surface area contributed by atoms with Gasteiger partial charge in [0.2, 0.25) is 0 Å². The molecule has 11 nitrogen and oxygen atoms in total. The van der Waals surface area contributed by atoms with Crippen LogP contribution < -0.4 is 0 Å². The summed E-state index contributed by atoms with van der Waals surface area (Å²) in [5, 5.41) is 0. The lowest BCUT2D eigenvalue weighted by Gasteiger charge is -2.04.